The van der Waals surface area contributed by atoms with Gasteiger partial charge in [0.1, 0.15) is 16.8 Å². The molecule has 0 aliphatic heterocycles. The molecule has 2 unspecified atom stereocenters. The van der Waals surface area contributed by atoms with E-state index in [4.69, 9.17) is 14.2 Å². The van der Waals surface area contributed by atoms with Crippen molar-refractivity contribution in [1.29, 1.82) is 0 Å². The first-order valence-corrected chi connectivity index (χ1v) is 20.6. The fourth-order valence-electron chi connectivity index (χ4n) is 6.68. The van der Waals surface area contributed by atoms with Crippen molar-refractivity contribution >= 4 is 17.9 Å². The van der Waals surface area contributed by atoms with Crippen LogP contribution in [0, 0.1) is 25.2 Å². The van der Waals surface area contributed by atoms with Crippen molar-refractivity contribution in [1.82, 2.24) is 0 Å². The second-order valence-corrected chi connectivity index (χ2v) is 18.6. The Morgan fingerprint density at radius 1 is 0.500 bits per heavy atom. The fraction of sp³-hybridized carbons (Fsp3) is 0.520. The molecule has 3 aromatic carbocycles. The average Bonchev–Trinajstić information content (AvgIpc) is 3.07. The Balaban J connectivity index is 1.83. The number of esters is 3. The predicted octanol–water partition coefficient (Wildman–Crippen LogP) is 11.7. The van der Waals surface area contributed by atoms with Crippen molar-refractivity contribution < 1.29 is 28.6 Å². The number of hydrogen-bond acceptors (Lipinski definition) is 6. The summed E-state index contributed by atoms with van der Waals surface area (Å²) in [7, 11) is 0. The van der Waals surface area contributed by atoms with Crippen molar-refractivity contribution in [3.05, 3.63) is 125 Å². The predicted molar refractivity (Wildman–Crippen MR) is 228 cm³/mol. The molecule has 0 spiro atoms. The maximum absolute atomic E-state index is 13.0. The highest BCUT2D eigenvalue weighted by atomic mass is 16.6. The van der Waals surface area contributed by atoms with Crippen LogP contribution in [0.3, 0.4) is 0 Å². The number of rotatable bonds is 20. The number of carbonyl (C=O) groups is 3. The molecule has 0 bridgehead atoms. The Labute approximate surface area is 339 Å². The van der Waals surface area contributed by atoms with E-state index in [0.717, 1.165) is 44.1 Å². The van der Waals surface area contributed by atoms with E-state index < -0.39 is 16.8 Å². The summed E-state index contributed by atoms with van der Waals surface area (Å²) >= 11 is 0. The van der Waals surface area contributed by atoms with E-state index in [2.05, 4.69) is 86.6 Å². The third-order valence-electron chi connectivity index (χ3n) is 9.20. The maximum Gasteiger partial charge on any atom is 0.310 e. The van der Waals surface area contributed by atoms with Gasteiger partial charge in [0.2, 0.25) is 0 Å². The van der Waals surface area contributed by atoms with Crippen LogP contribution in [0.2, 0.25) is 0 Å². The highest BCUT2D eigenvalue weighted by molar-refractivity contribution is 5.80. The zero-order valence-corrected chi connectivity index (χ0v) is 36.2. The van der Waals surface area contributed by atoms with E-state index in [0.29, 0.717) is 25.2 Å². The van der Waals surface area contributed by atoms with Crippen LogP contribution in [0.5, 0.6) is 0 Å². The third kappa shape index (κ3) is 19.3. The van der Waals surface area contributed by atoms with E-state index in [-0.39, 0.29) is 29.7 Å². The molecule has 6 nitrogen and oxygen atoms in total. The summed E-state index contributed by atoms with van der Waals surface area (Å²) < 4.78 is 16.6. The first-order chi connectivity index (χ1) is 26.1. The summed E-state index contributed by atoms with van der Waals surface area (Å²) in [6.45, 7) is 21.4. The summed E-state index contributed by atoms with van der Waals surface area (Å²) in [6, 6.07) is 26.5. The van der Waals surface area contributed by atoms with Crippen molar-refractivity contribution in [3.8, 4) is 0 Å². The van der Waals surface area contributed by atoms with Crippen LogP contribution in [-0.2, 0) is 54.3 Å². The maximum atomic E-state index is 13.0. The number of carbonyl (C=O) groups excluding carboxylic acids is 3. The minimum Gasteiger partial charge on any atom is -0.460 e. The second-order valence-electron chi connectivity index (χ2n) is 18.6. The van der Waals surface area contributed by atoms with Crippen molar-refractivity contribution in [2.75, 3.05) is 0 Å². The molecule has 3 radical (unpaired) electrons. The molecule has 0 aromatic heterocycles. The van der Waals surface area contributed by atoms with Crippen LogP contribution < -0.4 is 0 Å². The molecule has 305 valence electrons. The van der Waals surface area contributed by atoms with Gasteiger partial charge in [-0.2, -0.15) is 0 Å². The summed E-state index contributed by atoms with van der Waals surface area (Å²) in [5, 5.41) is 0. The minimum atomic E-state index is -0.569. The molecule has 0 aliphatic rings. The fourth-order valence-corrected chi connectivity index (χ4v) is 6.68. The van der Waals surface area contributed by atoms with Crippen molar-refractivity contribution in [2.45, 2.75) is 163 Å². The lowest BCUT2D eigenvalue weighted by atomic mass is 9.79. The summed E-state index contributed by atoms with van der Waals surface area (Å²) in [5.41, 5.74) is 5.83. The van der Waals surface area contributed by atoms with E-state index in [9.17, 15) is 14.4 Å². The molecule has 56 heavy (non-hydrogen) atoms. The Morgan fingerprint density at radius 2 is 0.857 bits per heavy atom. The van der Waals surface area contributed by atoms with Gasteiger partial charge in [-0.15, -0.1) is 0 Å². The Bertz CT molecular complexity index is 1630. The van der Waals surface area contributed by atoms with Gasteiger partial charge in [-0.1, -0.05) is 86.6 Å². The SMILES string of the molecule is CC(C)Cc1ccc(CCC(CC(C[CH]C(=O)OC(C)(C)C)c2ccc(CC[CH]C(=O)OC(C)(C)C)cc2)c2ccc(CC[CH]C(=O)OC(C)(C)C)cc2)cc1. The highest BCUT2D eigenvalue weighted by Crippen LogP contribution is 2.37. The van der Waals surface area contributed by atoms with Crippen molar-refractivity contribution in [2.24, 2.45) is 5.92 Å². The summed E-state index contributed by atoms with van der Waals surface area (Å²) in [4.78, 5) is 37.4. The largest absolute Gasteiger partial charge is 0.460 e. The lowest BCUT2D eigenvalue weighted by molar-refractivity contribution is -0.151. The molecular formula is C50H69O6. The molecule has 0 N–H and O–H groups in total. The molecule has 0 amide bonds. The van der Waals surface area contributed by atoms with Crippen LogP contribution in [0.15, 0.2) is 72.8 Å². The Hall–Kier alpha value is -3.93. The smallest absolute Gasteiger partial charge is 0.310 e. The van der Waals surface area contributed by atoms with Crippen LogP contribution in [0.4, 0.5) is 0 Å². The van der Waals surface area contributed by atoms with Crippen LogP contribution in [0.1, 0.15) is 153 Å². The normalized spacial score (nSPS) is 13.3. The first-order valence-electron chi connectivity index (χ1n) is 20.6. The number of benzene rings is 3. The Kier molecular flexibility index (Phi) is 17.9. The molecule has 0 saturated heterocycles. The summed E-state index contributed by atoms with van der Waals surface area (Å²) in [5.74, 6) is 0.0356. The van der Waals surface area contributed by atoms with Gasteiger partial charge in [-0.3, -0.25) is 14.4 Å². The molecule has 6 heteroatoms. The lowest BCUT2D eigenvalue weighted by Crippen LogP contribution is -2.24. The van der Waals surface area contributed by atoms with Gasteiger partial charge in [-0.25, -0.2) is 0 Å². The minimum absolute atomic E-state index is 0.0754. The molecule has 3 rings (SSSR count). The Morgan fingerprint density at radius 3 is 1.27 bits per heavy atom. The molecule has 3 aromatic rings. The number of aryl methyl sites for hydroxylation is 3. The van der Waals surface area contributed by atoms with Gasteiger partial charge < -0.3 is 14.2 Å². The molecule has 0 aliphatic carbocycles. The molecule has 0 heterocycles. The lowest BCUT2D eigenvalue weighted by Gasteiger charge is -2.26. The first kappa shape index (κ1) is 46.5. The van der Waals surface area contributed by atoms with Crippen molar-refractivity contribution in [3.63, 3.8) is 0 Å². The van der Waals surface area contributed by atoms with Crippen LogP contribution in [0.25, 0.3) is 0 Å². The third-order valence-corrected chi connectivity index (χ3v) is 9.20. The topological polar surface area (TPSA) is 78.9 Å². The van der Waals surface area contributed by atoms with E-state index in [1.165, 1.54) is 27.8 Å². The highest BCUT2D eigenvalue weighted by Gasteiger charge is 2.24. The standard InChI is InChI=1S/C50H69O6/c1-36(2)34-40-20-18-39(19-21-40)26-31-43(41-27-22-37(23-28-41)14-12-16-45(51)54-48(3,4)5)35-44(32-33-47(53)56-50(9,10)11)42-29-24-38(25-30-42)15-13-17-46(52)55-49(6,7)8/h16-25,27-30,33,36,43-44H,12-15,26,31-32,34-35H2,1-11H3. The van der Waals surface area contributed by atoms with E-state index >= 15 is 0 Å². The van der Waals surface area contributed by atoms with Crippen LogP contribution in [-0.4, -0.2) is 34.7 Å². The zero-order valence-electron chi connectivity index (χ0n) is 36.2. The van der Waals surface area contributed by atoms with Gasteiger partial charge in [0.25, 0.3) is 0 Å². The quantitative estimate of drug-likeness (QED) is 0.0842. The molecular weight excluding hydrogens is 697 g/mol. The van der Waals surface area contributed by atoms with E-state index in [1.54, 1.807) is 19.3 Å². The summed E-state index contributed by atoms with van der Waals surface area (Å²) in [6.07, 6.45) is 12.0. The van der Waals surface area contributed by atoms with Crippen LogP contribution >= 0.6 is 0 Å². The monoisotopic (exact) mass is 766 g/mol. The average molecular weight is 766 g/mol. The van der Waals surface area contributed by atoms with Gasteiger partial charge in [0.15, 0.2) is 0 Å². The van der Waals surface area contributed by atoms with Gasteiger partial charge >= 0.3 is 17.9 Å². The van der Waals surface area contributed by atoms with Gasteiger partial charge in [-0.05, 0) is 171 Å². The number of ether oxygens (including phenoxy) is 3. The number of hydrogen-bond donors (Lipinski definition) is 0. The van der Waals surface area contributed by atoms with E-state index in [1.807, 2.05) is 62.3 Å². The molecule has 0 saturated carbocycles. The second kappa shape index (κ2) is 21.6. The zero-order chi connectivity index (χ0) is 41.5. The van der Waals surface area contributed by atoms with Gasteiger partial charge in [0.05, 0.1) is 19.3 Å². The molecule has 2 atom stereocenters. The molecule has 0 fully saturated rings. The van der Waals surface area contributed by atoms with Gasteiger partial charge in [0, 0.05) is 0 Å².